The average Bonchev–Trinajstić information content (AvgIpc) is 3.08. The molecule has 2 aromatic carbocycles. The number of halogens is 2. The second-order valence-corrected chi connectivity index (χ2v) is 7.31. The van der Waals surface area contributed by atoms with Gasteiger partial charge in [-0.15, -0.1) is 0 Å². The van der Waals surface area contributed by atoms with Gasteiger partial charge < -0.3 is 15.7 Å². The van der Waals surface area contributed by atoms with Crippen LogP contribution in [0.25, 0.3) is 0 Å². The lowest BCUT2D eigenvalue weighted by Gasteiger charge is -2.30. The maximum atomic E-state index is 14.0. The Hall–Kier alpha value is -3.49. The van der Waals surface area contributed by atoms with Gasteiger partial charge in [-0.05, 0) is 29.7 Å². The van der Waals surface area contributed by atoms with Crippen LogP contribution in [0.1, 0.15) is 19.4 Å². The molecule has 3 amide bonds. The number of carboxylic acid groups (broad SMARTS) is 1. The van der Waals surface area contributed by atoms with Gasteiger partial charge >= 0.3 is 6.09 Å². The summed E-state index contributed by atoms with van der Waals surface area (Å²) in [7, 11) is 0. The Morgan fingerprint density at radius 1 is 1.07 bits per heavy atom. The Labute approximate surface area is 171 Å². The highest BCUT2D eigenvalue weighted by Gasteiger charge is 2.42. The highest BCUT2D eigenvalue weighted by atomic mass is 19.1. The molecule has 9 heteroatoms. The van der Waals surface area contributed by atoms with Gasteiger partial charge in [0.15, 0.2) is 0 Å². The van der Waals surface area contributed by atoms with Crippen LogP contribution in [0.3, 0.4) is 0 Å². The third kappa shape index (κ3) is 4.10. The first kappa shape index (κ1) is 21.2. The summed E-state index contributed by atoms with van der Waals surface area (Å²) in [5.74, 6) is -3.67. The van der Waals surface area contributed by atoms with E-state index in [1.807, 2.05) is 0 Å². The summed E-state index contributed by atoms with van der Waals surface area (Å²) < 4.78 is 28.0. The Morgan fingerprint density at radius 3 is 2.30 bits per heavy atom. The number of rotatable bonds is 5. The molecule has 2 atom stereocenters. The first-order valence-electron chi connectivity index (χ1n) is 9.36. The Bertz CT molecular complexity index is 976. The number of hydrogen-bond donors (Lipinski definition) is 3. The molecule has 0 saturated carbocycles. The quantitative estimate of drug-likeness (QED) is 0.696. The molecule has 0 radical (unpaired) electrons. The van der Waals surface area contributed by atoms with Gasteiger partial charge in [-0.1, -0.05) is 38.1 Å². The molecule has 7 nitrogen and oxygen atoms in total. The van der Waals surface area contributed by atoms with Crippen LogP contribution in [0.2, 0.25) is 0 Å². The standard InChI is InChI=1S/C21H21F2N3O4/c1-11(2)17(25-21(29)30)20(28)26-15-9-4-3-6-12(15)10-16(26)19(27)24-18-13(22)7-5-8-14(18)23/h3-9,11,16-17,25H,10H2,1-2H3,(H,24,27)(H,29,30)/t16-,17-/m0/s1. The van der Waals surface area contributed by atoms with Crippen LogP contribution in [0.4, 0.5) is 25.0 Å². The van der Waals surface area contributed by atoms with Crippen molar-refractivity contribution in [2.75, 3.05) is 10.2 Å². The minimum atomic E-state index is -1.37. The van der Waals surface area contributed by atoms with E-state index >= 15 is 0 Å². The normalized spacial score (nSPS) is 16.2. The molecular weight excluding hydrogens is 396 g/mol. The largest absolute Gasteiger partial charge is 0.465 e. The van der Waals surface area contributed by atoms with Crippen LogP contribution >= 0.6 is 0 Å². The fourth-order valence-electron chi connectivity index (χ4n) is 3.49. The number of amides is 3. The lowest BCUT2D eigenvalue weighted by Crippen LogP contribution is -2.55. The number of hydrogen-bond acceptors (Lipinski definition) is 3. The molecule has 0 unspecified atom stereocenters. The number of nitrogens with one attached hydrogen (secondary N) is 2. The summed E-state index contributed by atoms with van der Waals surface area (Å²) in [4.78, 5) is 38.6. The molecule has 30 heavy (non-hydrogen) atoms. The monoisotopic (exact) mass is 417 g/mol. The van der Waals surface area contributed by atoms with Crippen molar-refractivity contribution in [3.63, 3.8) is 0 Å². The maximum Gasteiger partial charge on any atom is 0.405 e. The van der Waals surface area contributed by atoms with E-state index in [1.165, 1.54) is 11.0 Å². The van der Waals surface area contributed by atoms with Gasteiger partial charge in [-0.2, -0.15) is 0 Å². The van der Waals surface area contributed by atoms with Crippen molar-refractivity contribution in [3.8, 4) is 0 Å². The summed E-state index contributed by atoms with van der Waals surface area (Å²) in [5.41, 5.74) is 0.544. The summed E-state index contributed by atoms with van der Waals surface area (Å²) >= 11 is 0. The van der Waals surface area contributed by atoms with E-state index < -0.39 is 53.2 Å². The second kappa shape index (κ2) is 8.48. The molecule has 1 heterocycles. The van der Waals surface area contributed by atoms with Gasteiger partial charge in [0.2, 0.25) is 5.91 Å². The smallest absolute Gasteiger partial charge is 0.405 e. The van der Waals surface area contributed by atoms with Gasteiger partial charge in [-0.25, -0.2) is 13.6 Å². The molecule has 1 aliphatic rings. The molecule has 3 N–H and O–H groups in total. The highest BCUT2D eigenvalue weighted by Crippen LogP contribution is 2.34. The van der Waals surface area contributed by atoms with E-state index in [1.54, 1.807) is 38.1 Å². The van der Waals surface area contributed by atoms with Crippen LogP contribution in [-0.2, 0) is 16.0 Å². The number of carbonyl (C=O) groups is 3. The molecular formula is C21H21F2N3O4. The zero-order valence-electron chi connectivity index (χ0n) is 16.4. The SMILES string of the molecule is CC(C)[C@H](NC(=O)O)C(=O)N1c2ccccc2C[C@H]1C(=O)Nc1c(F)cccc1F. The van der Waals surface area contributed by atoms with Crippen LogP contribution in [0.5, 0.6) is 0 Å². The van der Waals surface area contributed by atoms with Gasteiger partial charge in [0.1, 0.15) is 29.4 Å². The number of carbonyl (C=O) groups excluding carboxylic acids is 2. The third-order valence-corrected chi connectivity index (χ3v) is 4.94. The minimum Gasteiger partial charge on any atom is -0.465 e. The van der Waals surface area contributed by atoms with Crippen LogP contribution in [-0.4, -0.2) is 35.1 Å². The molecule has 0 aliphatic carbocycles. The van der Waals surface area contributed by atoms with E-state index in [9.17, 15) is 23.2 Å². The number of para-hydroxylation sites is 2. The van der Waals surface area contributed by atoms with E-state index in [0.717, 1.165) is 12.1 Å². The fraction of sp³-hybridized carbons (Fsp3) is 0.286. The van der Waals surface area contributed by atoms with Crippen LogP contribution < -0.4 is 15.5 Å². The summed E-state index contributed by atoms with van der Waals surface area (Å²) in [6.07, 6.45) is -1.24. The first-order chi connectivity index (χ1) is 14.2. The average molecular weight is 417 g/mol. The van der Waals surface area contributed by atoms with Gasteiger partial charge in [0.05, 0.1) is 0 Å². The van der Waals surface area contributed by atoms with E-state index in [2.05, 4.69) is 10.6 Å². The summed E-state index contributed by atoms with van der Waals surface area (Å²) in [6, 6.07) is 7.81. The molecule has 1 aliphatic heterocycles. The van der Waals surface area contributed by atoms with Gasteiger partial charge in [-0.3, -0.25) is 14.5 Å². The molecule has 3 rings (SSSR count). The zero-order valence-corrected chi connectivity index (χ0v) is 16.4. The number of fused-ring (bicyclic) bond motifs is 1. The topological polar surface area (TPSA) is 98.7 Å². The van der Waals surface area contributed by atoms with Crippen molar-refractivity contribution < 1.29 is 28.3 Å². The Kier molecular flexibility index (Phi) is 6.00. The molecule has 2 aromatic rings. The van der Waals surface area contributed by atoms with Crippen molar-refractivity contribution in [1.29, 1.82) is 0 Å². The van der Waals surface area contributed by atoms with E-state index in [-0.39, 0.29) is 6.42 Å². The molecule has 0 fully saturated rings. The van der Waals surface area contributed by atoms with E-state index in [0.29, 0.717) is 11.3 Å². The van der Waals surface area contributed by atoms with Crippen LogP contribution in [0.15, 0.2) is 42.5 Å². The Morgan fingerprint density at radius 2 is 1.70 bits per heavy atom. The number of benzene rings is 2. The molecule has 0 spiro atoms. The molecule has 0 saturated heterocycles. The fourth-order valence-corrected chi connectivity index (χ4v) is 3.49. The van der Waals surface area contributed by atoms with Crippen molar-refractivity contribution in [2.45, 2.75) is 32.4 Å². The summed E-state index contributed by atoms with van der Waals surface area (Å²) in [6.45, 7) is 3.34. The predicted molar refractivity (Wildman–Crippen MR) is 106 cm³/mol. The Balaban J connectivity index is 1.96. The number of nitrogens with zero attached hydrogens (tertiary/aromatic N) is 1. The third-order valence-electron chi connectivity index (χ3n) is 4.94. The molecule has 0 aromatic heterocycles. The van der Waals surface area contributed by atoms with Crippen molar-refractivity contribution in [2.24, 2.45) is 5.92 Å². The second-order valence-electron chi connectivity index (χ2n) is 7.31. The lowest BCUT2D eigenvalue weighted by molar-refractivity contribution is -0.125. The predicted octanol–water partition coefficient (Wildman–Crippen LogP) is 3.15. The minimum absolute atomic E-state index is 0.127. The summed E-state index contributed by atoms with van der Waals surface area (Å²) in [5, 5.41) is 13.5. The van der Waals surface area contributed by atoms with E-state index in [4.69, 9.17) is 5.11 Å². The van der Waals surface area contributed by atoms with Gasteiger partial charge in [0, 0.05) is 12.1 Å². The molecule has 158 valence electrons. The number of anilines is 2. The van der Waals surface area contributed by atoms with Crippen molar-refractivity contribution in [3.05, 3.63) is 59.7 Å². The van der Waals surface area contributed by atoms with Crippen molar-refractivity contribution in [1.82, 2.24) is 5.32 Å². The maximum absolute atomic E-state index is 14.0. The highest BCUT2D eigenvalue weighted by molar-refractivity contribution is 6.09. The molecule has 0 bridgehead atoms. The lowest BCUT2D eigenvalue weighted by atomic mass is 10.0. The van der Waals surface area contributed by atoms with Crippen LogP contribution in [0, 0.1) is 17.6 Å². The zero-order chi connectivity index (χ0) is 22.0. The first-order valence-corrected chi connectivity index (χ1v) is 9.36. The van der Waals surface area contributed by atoms with Gasteiger partial charge in [0.25, 0.3) is 5.91 Å². The van der Waals surface area contributed by atoms with Crippen molar-refractivity contribution >= 4 is 29.3 Å².